The number of hydrogen-bond acceptors (Lipinski definition) is 3. The van der Waals surface area contributed by atoms with Crippen LogP contribution < -0.4 is 5.48 Å². The summed E-state index contributed by atoms with van der Waals surface area (Å²) in [5, 5.41) is 1.90. The number of nitrogens with one attached hydrogen (secondary N) is 1. The van der Waals surface area contributed by atoms with Gasteiger partial charge in [0, 0.05) is 5.41 Å². The lowest BCUT2D eigenvalue weighted by molar-refractivity contribution is 0.151. The summed E-state index contributed by atoms with van der Waals surface area (Å²) >= 11 is 1.68. The van der Waals surface area contributed by atoms with Gasteiger partial charge in [-0.05, 0) is 0 Å². The lowest BCUT2D eigenvalue weighted by Gasteiger charge is -2.03. The van der Waals surface area contributed by atoms with Crippen LogP contribution in [0.25, 0.3) is 0 Å². The Morgan fingerprint density at radius 1 is 1.83 bits per heavy atom. The van der Waals surface area contributed by atoms with Crippen molar-refractivity contribution in [3.05, 3.63) is 11.7 Å². The van der Waals surface area contributed by atoms with Crippen LogP contribution in [-0.2, 0) is 4.84 Å². The second-order valence-corrected chi connectivity index (χ2v) is 1.74. The first-order chi connectivity index (χ1) is 3.00. The maximum atomic E-state index is 4.62. The summed E-state index contributed by atoms with van der Waals surface area (Å²) in [7, 11) is 0. The Balaban J connectivity index is 2.26. The van der Waals surface area contributed by atoms with Gasteiger partial charge in [-0.2, -0.15) is 0 Å². The second-order valence-electron chi connectivity index (χ2n) is 0.845. The molecule has 3 heteroatoms. The van der Waals surface area contributed by atoms with E-state index in [2.05, 4.69) is 10.3 Å². The predicted octanol–water partition coefficient (Wildman–Crippen LogP) is 0.683. The Hall–Kier alpha value is -0.150. The van der Waals surface area contributed by atoms with Crippen molar-refractivity contribution < 1.29 is 4.84 Å². The van der Waals surface area contributed by atoms with Crippen LogP contribution in [0.3, 0.4) is 0 Å². The van der Waals surface area contributed by atoms with Crippen LogP contribution in [0.2, 0.25) is 0 Å². The van der Waals surface area contributed by atoms with Crippen LogP contribution in [0.1, 0.15) is 0 Å². The molecule has 1 aliphatic heterocycles. The number of thioether (sulfide) groups is 1. The van der Waals surface area contributed by atoms with E-state index in [9.17, 15) is 0 Å². The zero-order valence-corrected chi connectivity index (χ0v) is 3.99. The molecule has 1 rings (SSSR count). The van der Waals surface area contributed by atoms with Gasteiger partial charge in [0.25, 0.3) is 0 Å². The van der Waals surface area contributed by atoms with E-state index in [-0.39, 0.29) is 0 Å². The zero-order valence-electron chi connectivity index (χ0n) is 3.18. The summed E-state index contributed by atoms with van der Waals surface area (Å²) in [6.45, 7) is 0. The molecule has 0 bridgehead atoms. The van der Waals surface area contributed by atoms with Gasteiger partial charge in [0.05, 0.1) is 5.88 Å². The van der Waals surface area contributed by atoms with E-state index < -0.39 is 0 Å². The van der Waals surface area contributed by atoms with Gasteiger partial charge in [0.1, 0.15) is 6.26 Å². The molecule has 0 unspecified atom stereocenters. The topological polar surface area (TPSA) is 21.3 Å². The van der Waals surface area contributed by atoms with Crippen molar-refractivity contribution in [3.63, 3.8) is 0 Å². The van der Waals surface area contributed by atoms with Crippen LogP contribution in [0.15, 0.2) is 11.7 Å². The highest BCUT2D eigenvalue weighted by Crippen LogP contribution is 2.01. The number of rotatable bonds is 0. The third-order valence-electron chi connectivity index (χ3n) is 0.445. The van der Waals surface area contributed by atoms with Gasteiger partial charge in [-0.25, -0.2) is 0 Å². The smallest absolute Gasteiger partial charge is 0.117 e. The molecule has 0 amide bonds. The molecular weight excluding hydrogens is 98.1 g/mol. The van der Waals surface area contributed by atoms with E-state index in [0.29, 0.717) is 0 Å². The van der Waals surface area contributed by atoms with Gasteiger partial charge in [0.2, 0.25) is 0 Å². The SMILES string of the molecule is C1=CSCNO1. The minimum Gasteiger partial charge on any atom is -0.415 e. The van der Waals surface area contributed by atoms with Crippen molar-refractivity contribution >= 4 is 11.8 Å². The van der Waals surface area contributed by atoms with Gasteiger partial charge in [-0.15, -0.1) is 17.2 Å². The van der Waals surface area contributed by atoms with Crippen LogP contribution in [0, 0.1) is 0 Å². The summed E-state index contributed by atoms with van der Waals surface area (Å²) in [6.07, 6.45) is 1.62. The van der Waals surface area contributed by atoms with E-state index in [1.807, 2.05) is 5.41 Å². The van der Waals surface area contributed by atoms with E-state index in [1.165, 1.54) is 0 Å². The van der Waals surface area contributed by atoms with Crippen molar-refractivity contribution in [2.24, 2.45) is 0 Å². The predicted molar refractivity (Wildman–Crippen MR) is 25.8 cm³/mol. The molecule has 34 valence electrons. The molecule has 1 heterocycles. The molecular formula is C3H5NOS. The Bertz CT molecular complexity index is 55.8. The van der Waals surface area contributed by atoms with Crippen molar-refractivity contribution in [3.8, 4) is 0 Å². The fraction of sp³-hybridized carbons (Fsp3) is 0.333. The van der Waals surface area contributed by atoms with Gasteiger partial charge in [0.15, 0.2) is 0 Å². The Labute approximate surface area is 40.5 Å². The molecule has 1 aliphatic rings. The molecule has 1 N–H and O–H groups in total. The normalized spacial score (nSPS) is 20.0. The van der Waals surface area contributed by atoms with Crippen molar-refractivity contribution in [2.45, 2.75) is 0 Å². The van der Waals surface area contributed by atoms with Crippen LogP contribution >= 0.6 is 11.8 Å². The molecule has 0 radical (unpaired) electrons. The maximum absolute atomic E-state index is 4.62. The zero-order chi connectivity index (χ0) is 4.24. The third-order valence-corrected chi connectivity index (χ3v) is 1.03. The molecule has 0 aromatic carbocycles. The third kappa shape index (κ3) is 0.914. The molecule has 0 aliphatic carbocycles. The van der Waals surface area contributed by atoms with Crippen LogP contribution in [-0.4, -0.2) is 5.88 Å². The Morgan fingerprint density at radius 2 is 2.83 bits per heavy atom. The maximum Gasteiger partial charge on any atom is 0.117 e. The van der Waals surface area contributed by atoms with E-state index in [0.717, 1.165) is 5.88 Å². The van der Waals surface area contributed by atoms with Gasteiger partial charge in [-0.3, -0.25) is 0 Å². The largest absolute Gasteiger partial charge is 0.415 e. The quantitative estimate of drug-likeness (QED) is 0.487. The molecule has 0 aromatic heterocycles. The molecule has 0 saturated carbocycles. The standard InChI is InChI=1S/C3H5NOS/c1-2-6-3-4-5-1/h1-2,4H,3H2. The molecule has 0 fully saturated rings. The van der Waals surface area contributed by atoms with Crippen molar-refractivity contribution in [1.29, 1.82) is 0 Å². The van der Waals surface area contributed by atoms with E-state index >= 15 is 0 Å². The van der Waals surface area contributed by atoms with Crippen molar-refractivity contribution in [1.82, 2.24) is 5.48 Å². The monoisotopic (exact) mass is 103 g/mol. The molecule has 6 heavy (non-hydrogen) atoms. The highest BCUT2D eigenvalue weighted by Gasteiger charge is 1.85. The summed E-state index contributed by atoms with van der Waals surface area (Å²) in [4.78, 5) is 4.62. The van der Waals surface area contributed by atoms with E-state index in [4.69, 9.17) is 0 Å². The highest BCUT2D eigenvalue weighted by atomic mass is 32.2. The number of hydroxylamine groups is 1. The average molecular weight is 103 g/mol. The lowest BCUT2D eigenvalue weighted by Crippen LogP contribution is -2.11. The minimum atomic E-state index is 0.858. The fourth-order valence-corrected chi connectivity index (χ4v) is 0.598. The first-order valence-electron chi connectivity index (χ1n) is 1.65. The van der Waals surface area contributed by atoms with Crippen LogP contribution in [0.5, 0.6) is 0 Å². The lowest BCUT2D eigenvalue weighted by atomic mass is 11.1. The van der Waals surface area contributed by atoms with Crippen molar-refractivity contribution in [2.75, 3.05) is 5.88 Å². The highest BCUT2D eigenvalue weighted by molar-refractivity contribution is 8.02. The van der Waals surface area contributed by atoms with Gasteiger partial charge < -0.3 is 4.84 Å². The Morgan fingerprint density at radius 3 is 3.00 bits per heavy atom. The van der Waals surface area contributed by atoms with Gasteiger partial charge >= 0.3 is 0 Å². The van der Waals surface area contributed by atoms with Gasteiger partial charge in [-0.1, -0.05) is 0 Å². The first-order valence-corrected chi connectivity index (χ1v) is 2.70. The molecule has 0 aromatic rings. The molecule has 0 spiro atoms. The fourth-order valence-electron chi connectivity index (χ4n) is 0.231. The molecule has 2 nitrogen and oxygen atoms in total. The molecule has 0 saturated heterocycles. The Kier molecular flexibility index (Phi) is 1.41. The summed E-state index contributed by atoms with van der Waals surface area (Å²) in [5.41, 5.74) is 2.66. The first kappa shape index (κ1) is 4.02. The second kappa shape index (κ2) is 2.10. The summed E-state index contributed by atoms with van der Waals surface area (Å²) in [5.74, 6) is 0.858. The summed E-state index contributed by atoms with van der Waals surface area (Å²) < 4.78 is 0. The average Bonchev–Trinajstić information content (AvgIpc) is 1.72. The molecule has 0 atom stereocenters. The summed E-state index contributed by atoms with van der Waals surface area (Å²) in [6, 6.07) is 0. The van der Waals surface area contributed by atoms with Crippen LogP contribution in [0.4, 0.5) is 0 Å². The number of hydrogen-bond donors (Lipinski definition) is 1. The minimum absolute atomic E-state index is 0.858. The van der Waals surface area contributed by atoms with E-state index in [1.54, 1.807) is 18.0 Å².